The van der Waals surface area contributed by atoms with Crippen molar-refractivity contribution in [2.75, 3.05) is 0 Å². The molecule has 6 heteroatoms. The number of aliphatic carboxylic acids is 1. The Labute approximate surface area is 79.3 Å². The molecule has 0 aromatic rings. The highest BCUT2D eigenvalue weighted by Crippen LogP contribution is 2.42. The molecule has 1 rings (SSSR count). The molecule has 4 nitrogen and oxygen atoms in total. The summed E-state index contributed by atoms with van der Waals surface area (Å²) in [5.74, 6) is -5.28. The first kappa shape index (κ1) is 10.9. The van der Waals surface area contributed by atoms with Gasteiger partial charge in [-0.2, -0.15) is 0 Å². The number of nitrogens with one attached hydrogen (secondary N) is 1. The van der Waals surface area contributed by atoms with Crippen LogP contribution in [-0.2, 0) is 9.59 Å². The van der Waals surface area contributed by atoms with E-state index >= 15 is 0 Å². The van der Waals surface area contributed by atoms with Crippen LogP contribution in [0.15, 0.2) is 0 Å². The van der Waals surface area contributed by atoms with Gasteiger partial charge >= 0.3 is 5.97 Å². The predicted octanol–water partition coefficient (Wildman–Crippen LogP) is 0.621. The first-order valence-electron chi connectivity index (χ1n) is 4.23. The van der Waals surface area contributed by atoms with E-state index in [2.05, 4.69) is 5.32 Å². The smallest absolute Gasteiger partial charge is 0.325 e. The van der Waals surface area contributed by atoms with Crippen LogP contribution in [0.3, 0.4) is 0 Å². The molecule has 14 heavy (non-hydrogen) atoms. The van der Waals surface area contributed by atoms with E-state index in [0.29, 0.717) is 0 Å². The Balaban J connectivity index is 2.34. The SMILES string of the molecule is C[C@@H](NC(=O)C1CC(F)(F)C1)C(=O)O. The molecule has 1 atom stereocenters. The van der Waals surface area contributed by atoms with Crippen molar-refractivity contribution in [3.05, 3.63) is 0 Å². The summed E-state index contributed by atoms with van der Waals surface area (Å²) in [5.41, 5.74) is 0. The van der Waals surface area contributed by atoms with Crippen molar-refractivity contribution in [2.24, 2.45) is 5.92 Å². The van der Waals surface area contributed by atoms with Crippen LogP contribution in [0.25, 0.3) is 0 Å². The number of carbonyl (C=O) groups excluding carboxylic acids is 1. The zero-order chi connectivity index (χ0) is 10.9. The van der Waals surface area contributed by atoms with Crippen molar-refractivity contribution in [2.45, 2.75) is 31.7 Å². The first-order valence-corrected chi connectivity index (χ1v) is 4.23. The minimum atomic E-state index is -2.76. The molecule has 0 unspecified atom stereocenters. The Bertz CT molecular complexity index is 259. The number of halogens is 2. The van der Waals surface area contributed by atoms with Crippen LogP contribution in [0.5, 0.6) is 0 Å². The number of amides is 1. The lowest BCUT2D eigenvalue weighted by Crippen LogP contribution is -2.48. The van der Waals surface area contributed by atoms with E-state index in [-0.39, 0.29) is 0 Å². The van der Waals surface area contributed by atoms with Crippen LogP contribution < -0.4 is 5.32 Å². The molecular weight excluding hydrogens is 196 g/mol. The number of hydrogen-bond acceptors (Lipinski definition) is 2. The van der Waals surface area contributed by atoms with Gasteiger partial charge in [-0.3, -0.25) is 9.59 Å². The number of carboxylic acid groups (broad SMARTS) is 1. The van der Waals surface area contributed by atoms with Gasteiger partial charge in [-0.1, -0.05) is 0 Å². The van der Waals surface area contributed by atoms with Crippen molar-refractivity contribution in [3.63, 3.8) is 0 Å². The van der Waals surface area contributed by atoms with Crippen LogP contribution in [0, 0.1) is 5.92 Å². The fourth-order valence-corrected chi connectivity index (χ4v) is 1.24. The molecule has 0 spiro atoms. The van der Waals surface area contributed by atoms with E-state index in [9.17, 15) is 18.4 Å². The Morgan fingerprint density at radius 3 is 2.36 bits per heavy atom. The topological polar surface area (TPSA) is 66.4 Å². The van der Waals surface area contributed by atoms with Gasteiger partial charge in [0.2, 0.25) is 11.8 Å². The van der Waals surface area contributed by atoms with Crippen molar-refractivity contribution in [3.8, 4) is 0 Å². The van der Waals surface area contributed by atoms with Gasteiger partial charge in [0.25, 0.3) is 0 Å². The lowest BCUT2D eigenvalue weighted by molar-refractivity contribution is -0.153. The summed E-state index contributed by atoms with van der Waals surface area (Å²) in [6.07, 6.45) is -0.962. The maximum Gasteiger partial charge on any atom is 0.325 e. The summed E-state index contributed by atoms with van der Waals surface area (Å²) in [4.78, 5) is 21.4. The van der Waals surface area contributed by atoms with Crippen molar-refractivity contribution in [1.82, 2.24) is 5.32 Å². The van der Waals surface area contributed by atoms with Crippen molar-refractivity contribution < 1.29 is 23.5 Å². The maximum absolute atomic E-state index is 12.3. The van der Waals surface area contributed by atoms with Gasteiger partial charge in [0.15, 0.2) is 0 Å². The Morgan fingerprint density at radius 1 is 1.50 bits per heavy atom. The average molecular weight is 207 g/mol. The molecule has 1 saturated carbocycles. The number of hydrogen-bond donors (Lipinski definition) is 2. The fourth-order valence-electron chi connectivity index (χ4n) is 1.24. The highest BCUT2D eigenvalue weighted by molar-refractivity contribution is 5.85. The summed E-state index contributed by atoms with van der Waals surface area (Å²) in [6.45, 7) is 1.29. The Kier molecular flexibility index (Phi) is 2.73. The molecular formula is C8H11F2NO3. The van der Waals surface area contributed by atoms with E-state index in [0.717, 1.165) is 0 Å². The third-order valence-corrected chi connectivity index (χ3v) is 2.19. The highest BCUT2D eigenvalue weighted by atomic mass is 19.3. The number of rotatable bonds is 3. The van der Waals surface area contributed by atoms with E-state index in [1.165, 1.54) is 6.92 Å². The summed E-state index contributed by atoms with van der Waals surface area (Å²) < 4.78 is 24.7. The molecule has 1 aliphatic carbocycles. The van der Waals surface area contributed by atoms with Gasteiger partial charge in [0, 0.05) is 18.8 Å². The van der Waals surface area contributed by atoms with Gasteiger partial charge in [0.1, 0.15) is 6.04 Å². The Morgan fingerprint density at radius 2 is 2.00 bits per heavy atom. The zero-order valence-corrected chi connectivity index (χ0v) is 7.59. The summed E-state index contributed by atoms with van der Waals surface area (Å²) >= 11 is 0. The van der Waals surface area contributed by atoms with E-state index in [1.54, 1.807) is 0 Å². The van der Waals surface area contributed by atoms with Crippen LogP contribution in [-0.4, -0.2) is 28.9 Å². The molecule has 0 saturated heterocycles. The van der Waals surface area contributed by atoms with Gasteiger partial charge in [0.05, 0.1) is 0 Å². The van der Waals surface area contributed by atoms with Gasteiger partial charge in [-0.25, -0.2) is 8.78 Å². The minimum absolute atomic E-state index is 0.481. The van der Waals surface area contributed by atoms with Gasteiger partial charge in [-0.05, 0) is 6.92 Å². The predicted molar refractivity (Wildman–Crippen MR) is 42.9 cm³/mol. The third kappa shape index (κ3) is 2.40. The van der Waals surface area contributed by atoms with E-state index in [4.69, 9.17) is 5.11 Å². The normalized spacial score (nSPS) is 22.2. The summed E-state index contributed by atoms with van der Waals surface area (Å²) in [7, 11) is 0. The fraction of sp³-hybridized carbons (Fsp3) is 0.750. The molecule has 0 radical (unpaired) electrons. The van der Waals surface area contributed by atoms with E-state index in [1.807, 2.05) is 0 Å². The first-order chi connectivity index (χ1) is 6.32. The van der Waals surface area contributed by atoms with Crippen molar-refractivity contribution >= 4 is 11.9 Å². The third-order valence-electron chi connectivity index (χ3n) is 2.19. The minimum Gasteiger partial charge on any atom is -0.480 e. The maximum atomic E-state index is 12.3. The van der Waals surface area contributed by atoms with Crippen LogP contribution in [0.4, 0.5) is 8.78 Å². The van der Waals surface area contributed by atoms with Crippen molar-refractivity contribution in [1.29, 1.82) is 0 Å². The monoisotopic (exact) mass is 207 g/mol. The van der Waals surface area contributed by atoms with Crippen LogP contribution >= 0.6 is 0 Å². The van der Waals surface area contributed by atoms with Gasteiger partial charge in [-0.15, -0.1) is 0 Å². The number of alkyl halides is 2. The second-order valence-electron chi connectivity index (χ2n) is 3.53. The quantitative estimate of drug-likeness (QED) is 0.713. The zero-order valence-electron chi connectivity index (χ0n) is 7.59. The molecule has 1 amide bonds. The van der Waals surface area contributed by atoms with Crippen LogP contribution in [0.1, 0.15) is 19.8 Å². The summed E-state index contributed by atoms with van der Waals surface area (Å²) in [6, 6.07) is -1.03. The van der Waals surface area contributed by atoms with E-state index < -0.39 is 42.6 Å². The highest BCUT2D eigenvalue weighted by Gasteiger charge is 2.48. The summed E-state index contributed by atoms with van der Waals surface area (Å²) in [5, 5.41) is 10.6. The average Bonchev–Trinajstić information content (AvgIpc) is 1.99. The molecule has 2 N–H and O–H groups in total. The lowest BCUT2D eigenvalue weighted by Gasteiger charge is -2.34. The molecule has 0 heterocycles. The molecule has 1 aliphatic rings. The standard InChI is InChI=1S/C8H11F2NO3/c1-4(7(13)14)11-6(12)5-2-8(9,10)3-5/h4-5H,2-3H2,1H3,(H,11,12)(H,13,14)/t4-/m1/s1. The molecule has 0 aliphatic heterocycles. The number of carboxylic acids is 1. The number of carbonyl (C=O) groups is 2. The molecule has 80 valence electrons. The Hall–Kier alpha value is -1.20. The molecule has 0 aromatic heterocycles. The second-order valence-corrected chi connectivity index (χ2v) is 3.53. The molecule has 1 fully saturated rings. The molecule has 0 aromatic carbocycles. The van der Waals surface area contributed by atoms with Crippen LogP contribution in [0.2, 0.25) is 0 Å². The lowest BCUT2D eigenvalue weighted by atomic mass is 9.80. The largest absolute Gasteiger partial charge is 0.480 e. The molecule has 0 bridgehead atoms. The second kappa shape index (κ2) is 3.51. The van der Waals surface area contributed by atoms with Gasteiger partial charge < -0.3 is 10.4 Å².